The number of halogens is 1. The molecule has 0 aromatic heterocycles. The highest BCUT2D eigenvalue weighted by Gasteiger charge is 1.99. The quantitative estimate of drug-likeness (QED) is 0.539. The van der Waals surface area contributed by atoms with Crippen molar-refractivity contribution in [3.8, 4) is 5.75 Å². The Hall–Kier alpha value is -0.730. The lowest BCUT2D eigenvalue weighted by atomic mass is 10.2. The molecule has 0 aliphatic carbocycles. The summed E-state index contributed by atoms with van der Waals surface area (Å²) in [7, 11) is 0. The zero-order chi connectivity index (χ0) is 12.3. The van der Waals surface area contributed by atoms with Gasteiger partial charge in [-0.05, 0) is 44.5 Å². The first-order valence-electron chi connectivity index (χ1n) is 6.35. The molecule has 2 nitrogen and oxygen atoms in total. The number of ether oxygens (including phenoxy) is 1. The maximum Gasteiger partial charge on any atom is 0.119 e. The zero-order valence-corrected chi connectivity index (χ0v) is 11.2. The van der Waals surface area contributed by atoms with Gasteiger partial charge < -0.3 is 10.1 Å². The summed E-state index contributed by atoms with van der Waals surface area (Å²) < 4.78 is 5.59. The summed E-state index contributed by atoms with van der Waals surface area (Å²) in [6.45, 7) is 4.86. The van der Waals surface area contributed by atoms with E-state index in [1.54, 1.807) is 0 Å². The van der Waals surface area contributed by atoms with Gasteiger partial charge in [-0.3, -0.25) is 0 Å². The van der Waals surface area contributed by atoms with E-state index < -0.39 is 0 Å². The van der Waals surface area contributed by atoms with E-state index in [2.05, 4.69) is 12.2 Å². The molecule has 0 fully saturated rings. The molecule has 1 rings (SSSR count). The molecule has 0 saturated carbocycles. The molecule has 1 N–H and O–H groups in total. The van der Waals surface area contributed by atoms with Crippen molar-refractivity contribution in [3.63, 3.8) is 0 Å². The van der Waals surface area contributed by atoms with E-state index in [4.69, 9.17) is 16.3 Å². The first-order chi connectivity index (χ1) is 8.33. The van der Waals surface area contributed by atoms with Gasteiger partial charge in [0.2, 0.25) is 0 Å². The maximum atomic E-state index is 6.02. The number of hydrogen-bond acceptors (Lipinski definition) is 2. The fourth-order valence-corrected chi connectivity index (χ4v) is 1.60. The van der Waals surface area contributed by atoms with Gasteiger partial charge in [0.05, 0.1) is 6.61 Å². The molecule has 0 saturated heterocycles. The molecular formula is C14H22ClNO. The van der Waals surface area contributed by atoms with Crippen LogP contribution in [0.1, 0.15) is 26.2 Å². The van der Waals surface area contributed by atoms with E-state index >= 15 is 0 Å². The fourth-order valence-electron chi connectivity index (χ4n) is 1.49. The van der Waals surface area contributed by atoms with Crippen LogP contribution in [0.15, 0.2) is 30.3 Å². The standard InChI is InChI=1S/C14H22ClNO/c1-2-13(15)9-11-16-10-6-12-17-14-7-4-3-5-8-14/h3-5,7-8,13,16H,2,6,9-12H2,1H3. The van der Waals surface area contributed by atoms with Gasteiger partial charge in [-0.15, -0.1) is 11.6 Å². The highest BCUT2D eigenvalue weighted by atomic mass is 35.5. The Kier molecular flexibility index (Phi) is 7.85. The summed E-state index contributed by atoms with van der Waals surface area (Å²) in [5, 5.41) is 3.68. The van der Waals surface area contributed by atoms with Crippen LogP contribution < -0.4 is 10.1 Å². The molecule has 3 heteroatoms. The van der Waals surface area contributed by atoms with Gasteiger partial charge in [-0.25, -0.2) is 0 Å². The van der Waals surface area contributed by atoms with E-state index in [1.807, 2.05) is 30.3 Å². The maximum absolute atomic E-state index is 6.02. The second kappa shape index (κ2) is 9.32. The van der Waals surface area contributed by atoms with Gasteiger partial charge in [-0.1, -0.05) is 25.1 Å². The first-order valence-corrected chi connectivity index (χ1v) is 6.79. The van der Waals surface area contributed by atoms with E-state index in [0.717, 1.165) is 44.7 Å². The van der Waals surface area contributed by atoms with Crippen LogP contribution in [0, 0.1) is 0 Å². The van der Waals surface area contributed by atoms with Crippen LogP contribution in [-0.4, -0.2) is 25.1 Å². The summed E-state index contributed by atoms with van der Waals surface area (Å²) in [4.78, 5) is 0. The smallest absolute Gasteiger partial charge is 0.119 e. The van der Waals surface area contributed by atoms with Crippen molar-refractivity contribution >= 4 is 11.6 Å². The van der Waals surface area contributed by atoms with Crippen molar-refractivity contribution in [2.45, 2.75) is 31.6 Å². The molecule has 96 valence electrons. The lowest BCUT2D eigenvalue weighted by Crippen LogP contribution is -2.20. The molecule has 1 unspecified atom stereocenters. The molecule has 0 aliphatic rings. The van der Waals surface area contributed by atoms with Gasteiger partial charge in [0, 0.05) is 5.38 Å². The summed E-state index contributed by atoms with van der Waals surface area (Å²) in [5.74, 6) is 0.944. The summed E-state index contributed by atoms with van der Waals surface area (Å²) in [6.07, 6.45) is 3.10. The van der Waals surface area contributed by atoms with Crippen LogP contribution in [0.25, 0.3) is 0 Å². The van der Waals surface area contributed by atoms with Gasteiger partial charge in [0.1, 0.15) is 5.75 Å². The molecule has 17 heavy (non-hydrogen) atoms. The highest BCUT2D eigenvalue weighted by Crippen LogP contribution is 2.08. The van der Waals surface area contributed by atoms with Crippen molar-refractivity contribution in [3.05, 3.63) is 30.3 Å². The number of alkyl halides is 1. The van der Waals surface area contributed by atoms with Crippen molar-refractivity contribution in [2.75, 3.05) is 19.7 Å². The molecule has 1 aromatic rings. The molecule has 0 amide bonds. The SMILES string of the molecule is CCC(Cl)CCNCCCOc1ccccc1. The molecule has 0 bridgehead atoms. The molecule has 1 aromatic carbocycles. The summed E-state index contributed by atoms with van der Waals surface area (Å²) >= 11 is 6.02. The Morgan fingerprint density at radius 3 is 2.71 bits per heavy atom. The second-order valence-corrected chi connectivity index (χ2v) is 4.68. The largest absolute Gasteiger partial charge is 0.494 e. The topological polar surface area (TPSA) is 21.3 Å². The van der Waals surface area contributed by atoms with Crippen molar-refractivity contribution in [2.24, 2.45) is 0 Å². The molecule has 0 spiro atoms. The molecule has 0 heterocycles. The lowest BCUT2D eigenvalue weighted by molar-refractivity contribution is 0.308. The van der Waals surface area contributed by atoms with Crippen LogP contribution in [0.3, 0.4) is 0 Å². The van der Waals surface area contributed by atoms with Crippen LogP contribution in [0.4, 0.5) is 0 Å². The van der Waals surface area contributed by atoms with Crippen LogP contribution >= 0.6 is 11.6 Å². The number of nitrogens with one attached hydrogen (secondary N) is 1. The predicted molar refractivity (Wildman–Crippen MR) is 74.0 cm³/mol. The number of para-hydroxylation sites is 1. The Balaban J connectivity index is 1.91. The number of benzene rings is 1. The van der Waals surface area contributed by atoms with Gasteiger partial charge in [-0.2, -0.15) is 0 Å². The van der Waals surface area contributed by atoms with Crippen LogP contribution in [0.5, 0.6) is 5.75 Å². The minimum absolute atomic E-state index is 0.308. The Morgan fingerprint density at radius 2 is 2.00 bits per heavy atom. The predicted octanol–water partition coefficient (Wildman–Crippen LogP) is 3.45. The van der Waals surface area contributed by atoms with Crippen LogP contribution in [0.2, 0.25) is 0 Å². The molecule has 0 aliphatic heterocycles. The van der Waals surface area contributed by atoms with Crippen LogP contribution in [-0.2, 0) is 0 Å². The third-order valence-corrected chi connectivity index (χ3v) is 3.11. The monoisotopic (exact) mass is 255 g/mol. The minimum Gasteiger partial charge on any atom is -0.494 e. The number of hydrogen-bond donors (Lipinski definition) is 1. The second-order valence-electron chi connectivity index (χ2n) is 4.06. The lowest BCUT2D eigenvalue weighted by Gasteiger charge is -2.08. The van der Waals surface area contributed by atoms with E-state index in [9.17, 15) is 0 Å². The van der Waals surface area contributed by atoms with Crippen molar-refractivity contribution in [1.82, 2.24) is 5.32 Å². The third kappa shape index (κ3) is 7.24. The normalized spacial score (nSPS) is 12.4. The van der Waals surface area contributed by atoms with Gasteiger partial charge in [0.15, 0.2) is 0 Å². The van der Waals surface area contributed by atoms with E-state index in [0.29, 0.717) is 5.38 Å². The third-order valence-electron chi connectivity index (χ3n) is 2.59. The minimum atomic E-state index is 0.308. The fraction of sp³-hybridized carbons (Fsp3) is 0.571. The van der Waals surface area contributed by atoms with Crippen molar-refractivity contribution in [1.29, 1.82) is 0 Å². The Bertz CT molecular complexity index is 279. The van der Waals surface area contributed by atoms with E-state index in [-0.39, 0.29) is 0 Å². The highest BCUT2D eigenvalue weighted by molar-refractivity contribution is 6.20. The van der Waals surface area contributed by atoms with Crippen molar-refractivity contribution < 1.29 is 4.74 Å². The zero-order valence-electron chi connectivity index (χ0n) is 10.5. The Labute approximate surface area is 109 Å². The summed E-state index contributed by atoms with van der Waals surface area (Å²) in [5.41, 5.74) is 0. The first kappa shape index (κ1) is 14.3. The Morgan fingerprint density at radius 1 is 1.24 bits per heavy atom. The van der Waals surface area contributed by atoms with Gasteiger partial charge >= 0.3 is 0 Å². The molecular weight excluding hydrogens is 234 g/mol. The summed E-state index contributed by atoms with van der Waals surface area (Å²) in [6, 6.07) is 9.92. The average molecular weight is 256 g/mol. The van der Waals surface area contributed by atoms with Gasteiger partial charge in [0.25, 0.3) is 0 Å². The van der Waals surface area contributed by atoms with E-state index in [1.165, 1.54) is 0 Å². The molecule has 1 atom stereocenters. The number of rotatable bonds is 9. The average Bonchev–Trinajstić information content (AvgIpc) is 2.38. The molecule has 0 radical (unpaired) electrons.